The van der Waals surface area contributed by atoms with Crippen molar-refractivity contribution in [3.05, 3.63) is 46.8 Å². The molecule has 100 valence electrons. The molecule has 5 heteroatoms. The molecule has 1 aliphatic heterocycles. The number of anilines is 1. The molecule has 0 saturated carbocycles. The van der Waals surface area contributed by atoms with E-state index in [4.69, 9.17) is 0 Å². The smallest absolute Gasteiger partial charge is 0.242 e. The lowest BCUT2D eigenvalue weighted by atomic mass is 9.80. The Labute approximate surface area is 116 Å². The largest absolute Gasteiger partial charge is 0.322 e. The number of carbonyl (C=O) groups excluding carboxylic acids is 1. The maximum atomic E-state index is 12.1. The van der Waals surface area contributed by atoms with Crippen LogP contribution in [-0.4, -0.2) is 16.1 Å². The molecule has 20 heavy (non-hydrogen) atoms. The topological polar surface area (TPSA) is 81.6 Å². The number of hydrogen-bond acceptors (Lipinski definition) is 3. The Balaban J connectivity index is 2.17. The summed E-state index contributed by atoms with van der Waals surface area (Å²) in [6, 6.07) is 9.97. The van der Waals surface area contributed by atoms with E-state index in [0.29, 0.717) is 5.69 Å². The summed E-state index contributed by atoms with van der Waals surface area (Å²) in [5, 5.41) is 19.3. The first kappa shape index (κ1) is 12.4. The van der Waals surface area contributed by atoms with Gasteiger partial charge in [0.1, 0.15) is 5.92 Å². The van der Waals surface area contributed by atoms with Gasteiger partial charge in [0, 0.05) is 0 Å². The molecule has 2 heterocycles. The van der Waals surface area contributed by atoms with E-state index >= 15 is 0 Å². The molecule has 2 N–H and O–H groups in total. The monoisotopic (exact) mass is 266 g/mol. The van der Waals surface area contributed by atoms with Crippen LogP contribution in [0.4, 0.5) is 5.69 Å². The minimum atomic E-state index is -0.757. The van der Waals surface area contributed by atoms with Crippen molar-refractivity contribution in [3.8, 4) is 6.07 Å². The number of aromatic amines is 1. The number of benzene rings is 1. The van der Waals surface area contributed by atoms with Gasteiger partial charge in [0.2, 0.25) is 5.91 Å². The summed E-state index contributed by atoms with van der Waals surface area (Å²) in [5.74, 6) is -1.35. The zero-order valence-corrected chi connectivity index (χ0v) is 11.3. The lowest BCUT2D eigenvalue weighted by molar-refractivity contribution is -0.119. The molecule has 1 amide bonds. The first-order valence-electron chi connectivity index (χ1n) is 6.43. The van der Waals surface area contributed by atoms with Gasteiger partial charge < -0.3 is 5.32 Å². The Bertz CT molecular complexity index is 708. The Hall–Kier alpha value is -2.61. The number of fused-ring (bicyclic) bond motifs is 1. The average molecular weight is 266 g/mol. The normalized spacial score (nSPS) is 20.9. The first-order chi connectivity index (χ1) is 9.61. The SMILES string of the molecule is Cc1ccc([C@H]2c3n[nH]c(C)c3NC(=O)[C@@H]2C#N)cc1. The summed E-state index contributed by atoms with van der Waals surface area (Å²) in [6.07, 6.45) is 0. The Morgan fingerprint density at radius 1 is 1.25 bits per heavy atom. The van der Waals surface area contributed by atoms with Crippen molar-refractivity contribution in [1.82, 2.24) is 10.2 Å². The summed E-state index contributed by atoms with van der Waals surface area (Å²) < 4.78 is 0. The first-order valence-corrected chi connectivity index (χ1v) is 6.43. The minimum Gasteiger partial charge on any atom is -0.322 e. The number of carbonyl (C=O) groups is 1. The van der Waals surface area contributed by atoms with Gasteiger partial charge in [0.25, 0.3) is 0 Å². The summed E-state index contributed by atoms with van der Waals surface area (Å²) in [4.78, 5) is 12.1. The number of nitrogens with one attached hydrogen (secondary N) is 2. The van der Waals surface area contributed by atoms with Crippen LogP contribution in [0.3, 0.4) is 0 Å². The molecule has 2 aromatic rings. The number of H-pyrrole nitrogens is 1. The number of aryl methyl sites for hydroxylation is 2. The van der Waals surface area contributed by atoms with Crippen molar-refractivity contribution in [3.63, 3.8) is 0 Å². The quantitative estimate of drug-likeness (QED) is 0.830. The highest BCUT2D eigenvalue weighted by molar-refractivity contribution is 5.99. The maximum absolute atomic E-state index is 12.1. The number of nitriles is 1. The average Bonchev–Trinajstić information content (AvgIpc) is 2.80. The zero-order valence-electron chi connectivity index (χ0n) is 11.3. The second-order valence-electron chi connectivity index (χ2n) is 5.09. The fraction of sp³-hybridized carbons (Fsp3) is 0.267. The zero-order chi connectivity index (χ0) is 14.3. The van der Waals surface area contributed by atoms with Gasteiger partial charge in [-0.25, -0.2) is 0 Å². The fourth-order valence-corrected chi connectivity index (χ4v) is 2.60. The van der Waals surface area contributed by atoms with E-state index in [1.54, 1.807) is 0 Å². The maximum Gasteiger partial charge on any atom is 0.242 e. The van der Waals surface area contributed by atoms with Gasteiger partial charge >= 0.3 is 0 Å². The number of aromatic nitrogens is 2. The molecule has 0 radical (unpaired) electrons. The molecule has 0 unspecified atom stereocenters. The second kappa shape index (κ2) is 4.49. The Kier molecular flexibility index (Phi) is 2.79. The molecule has 1 aliphatic rings. The summed E-state index contributed by atoms with van der Waals surface area (Å²) in [7, 11) is 0. The molecular weight excluding hydrogens is 252 g/mol. The molecular formula is C15H14N4O. The van der Waals surface area contributed by atoms with Crippen molar-refractivity contribution >= 4 is 11.6 Å². The molecule has 0 saturated heterocycles. The molecule has 1 aromatic carbocycles. The van der Waals surface area contributed by atoms with Crippen molar-refractivity contribution in [2.45, 2.75) is 19.8 Å². The minimum absolute atomic E-state index is 0.268. The molecule has 0 spiro atoms. The van der Waals surface area contributed by atoms with E-state index < -0.39 is 5.92 Å². The van der Waals surface area contributed by atoms with Gasteiger partial charge in [-0.1, -0.05) is 29.8 Å². The summed E-state index contributed by atoms with van der Waals surface area (Å²) in [5.41, 5.74) is 4.32. The van der Waals surface area contributed by atoms with Gasteiger partial charge in [-0.3, -0.25) is 9.89 Å². The number of nitrogens with zero attached hydrogens (tertiary/aromatic N) is 2. The molecule has 1 aromatic heterocycles. The van der Waals surface area contributed by atoms with E-state index in [-0.39, 0.29) is 11.8 Å². The van der Waals surface area contributed by atoms with Crippen LogP contribution >= 0.6 is 0 Å². The van der Waals surface area contributed by atoms with Gasteiger partial charge in [-0.15, -0.1) is 0 Å². The molecule has 3 rings (SSSR count). The van der Waals surface area contributed by atoms with E-state index in [0.717, 1.165) is 22.5 Å². The van der Waals surface area contributed by atoms with Crippen LogP contribution < -0.4 is 5.32 Å². The van der Waals surface area contributed by atoms with Gasteiger partial charge in [-0.2, -0.15) is 10.4 Å². The van der Waals surface area contributed by atoms with Gasteiger partial charge in [0.15, 0.2) is 0 Å². The summed E-state index contributed by atoms with van der Waals surface area (Å²) in [6.45, 7) is 3.86. The van der Waals surface area contributed by atoms with Crippen LogP contribution in [0.15, 0.2) is 24.3 Å². The van der Waals surface area contributed by atoms with Crippen molar-refractivity contribution in [1.29, 1.82) is 5.26 Å². The van der Waals surface area contributed by atoms with Crippen LogP contribution in [0, 0.1) is 31.1 Å². The molecule has 5 nitrogen and oxygen atoms in total. The standard InChI is InChI=1S/C15H14N4O/c1-8-3-5-10(6-4-8)12-11(7-16)15(20)17-13-9(2)18-19-14(12)13/h3-6,11-12H,1-2H3,(H,17,20)(H,18,19)/t11-,12-/m1/s1. The third kappa shape index (κ3) is 1.77. The van der Waals surface area contributed by atoms with Gasteiger partial charge in [0.05, 0.1) is 29.1 Å². The molecule has 0 bridgehead atoms. The van der Waals surface area contributed by atoms with Gasteiger partial charge in [-0.05, 0) is 19.4 Å². The fourth-order valence-electron chi connectivity index (χ4n) is 2.60. The van der Waals surface area contributed by atoms with Crippen LogP contribution in [0.2, 0.25) is 0 Å². The molecule has 2 atom stereocenters. The van der Waals surface area contributed by atoms with Crippen molar-refractivity contribution in [2.75, 3.05) is 5.32 Å². The third-order valence-electron chi connectivity index (χ3n) is 3.71. The lowest BCUT2D eigenvalue weighted by Gasteiger charge is -2.26. The van der Waals surface area contributed by atoms with Crippen LogP contribution in [0.1, 0.15) is 28.4 Å². The summed E-state index contributed by atoms with van der Waals surface area (Å²) >= 11 is 0. The Morgan fingerprint density at radius 2 is 1.95 bits per heavy atom. The second-order valence-corrected chi connectivity index (χ2v) is 5.09. The predicted octanol–water partition coefficient (Wildman–Crippen LogP) is 2.25. The van der Waals surface area contributed by atoms with E-state index in [2.05, 4.69) is 21.6 Å². The lowest BCUT2D eigenvalue weighted by Crippen LogP contribution is -2.33. The predicted molar refractivity (Wildman–Crippen MR) is 74.1 cm³/mol. The molecule has 0 fully saturated rings. The highest BCUT2D eigenvalue weighted by Crippen LogP contribution is 2.40. The number of amides is 1. The highest BCUT2D eigenvalue weighted by Gasteiger charge is 2.39. The van der Waals surface area contributed by atoms with E-state index in [1.807, 2.05) is 38.1 Å². The van der Waals surface area contributed by atoms with Crippen molar-refractivity contribution < 1.29 is 4.79 Å². The van der Waals surface area contributed by atoms with Crippen LogP contribution in [0.25, 0.3) is 0 Å². The Morgan fingerprint density at radius 3 is 2.60 bits per heavy atom. The molecule has 0 aliphatic carbocycles. The van der Waals surface area contributed by atoms with E-state index in [1.165, 1.54) is 0 Å². The van der Waals surface area contributed by atoms with Crippen LogP contribution in [-0.2, 0) is 4.79 Å². The van der Waals surface area contributed by atoms with E-state index in [9.17, 15) is 10.1 Å². The van der Waals surface area contributed by atoms with Crippen molar-refractivity contribution in [2.24, 2.45) is 5.92 Å². The number of rotatable bonds is 1. The van der Waals surface area contributed by atoms with Crippen LogP contribution in [0.5, 0.6) is 0 Å². The highest BCUT2D eigenvalue weighted by atomic mass is 16.2. The third-order valence-corrected chi connectivity index (χ3v) is 3.71. The number of hydrogen-bond donors (Lipinski definition) is 2.